The van der Waals surface area contributed by atoms with Gasteiger partial charge in [-0.05, 0) is 11.6 Å². The van der Waals surface area contributed by atoms with Crippen LogP contribution in [0.5, 0.6) is 11.5 Å². The average Bonchev–Trinajstić information content (AvgIpc) is 2.75. The van der Waals surface area contributed by atoms with Crippen LogP contribution in [0.2, 0.25) is 0 Å². The number of nitrogens with one attached hydrogen (secondary N) is 2. The minimum atomic E-state index is -0.315. The van der Waals surface area contributed by atoms with Crippen LogP contribution in [0, 0.1) is 0 Å². The van der Waals surface area contributed by atoms with Gasteiger partial charge >= 0.3 is 0 Å². The topological polar surface area (TPSA) is 72.0 Å². The summed E-state index contributed by atoms with van der Waals surface area (Å²) in [4.78, 5) is 16.1. The van der Waals surface area contributed by atoms with Gasteiger partial charge in [0.1, 0.15) is 12.1 Å². The standard InChI is InChI=1S/C12H13N3O3/c1-17-8-3-6-7(4-9(8)18-2)15-11-10(6)12(16)14-5-13-11/h3-5,10-11,15H,1-2H3,(H,13,14,16). The van der Waals surface area contributed by atoms with Gasteiger partial charge in [-0.25, -0.2) is 4.99 Å². The van der Waals surface area contributed by atoms with Crippen LogP contribution in [-0.4, -0.2) is 32.6 Å². The Morgan fingerprint density at radius 2 is 1.94 bits per heavy atom. The van der Waals surface area contributed by atoms with Gasteiger partial charge in [0, 0.05) is 11.8 Å². The number of carbonyl (C=O) groups excluding carboxylic acids is 1. The van der Waals surface area contributed by atoms with Crippen LogP contribution in [0.4, 0.5) is 5.69 Å². The minimum Gasteiger partial charge on any atom is -0.493 e. The summed E-state index contributed by atoms with van der Waals surface area (Å²) in [5, 5.41) is 5.82. The van der Waals surface area contributed by atoms with Gasteiger partial charge in [-0.1, -0.05) is 0 Å². The molecule has 1 amide bonds. The van der Waals surface area contributed by atoms with Gasteiger partial charge in [-0.2, -0.15) is 0 Å². The molecule has 2 aliphatic rings. The molecule has 94 valence electrons. The number of anilines is 1. The Bertz CT molecular complexity index is 542. The summed E-state index contributed by atoms with van der Waals surface area (Å²) in [5.74, 6) is 0.867. The van der Waals surface area contributed by atoms with Crippen molar-refractivity contribution < 1.29 is 14.3 Å². The number of hydrogen-bond donors (Lipinski definition) is 2. The number of nitrogens with zero attached hydrogens (tertiary/aromatic N) is 1. The quantitative estimate of drug-likeness (QED) is 0.806. The Morgan fingerprint density at radius 1 is 1.22 bits per heavy atom. The third-order valence-corrected chi connectivity index (χ3v) is 3.23. The highest BCUT2D eigenvalue weighted by Crippen LogP contribution is 2.43. The van der Waals surface area contributed by atoms with Crippen molar-refractivity contribution >= 4 is 17.9 Å². The molecule has 6 nitrogen and oxygen atoms in total. The molecule has 2 N–H and O–H groups in total. The average molecular weight is 247 g/mol. The van der Waals surface area contributed by atoms with E-state index in [2.05, 4.69) is 15.6 Å². The zero-order valence-electron chi connectivity index (χ0n) is 10.1. The van der Waals surface area contributed by atoms with E-state index in [0.29, 0.717) is 11.5 Å². The molecule has 0 aromatic heterocycles. The first-order valence-corrected chi connectivity index (χ1v) is 5.59. The number of rotatable bonds is 2. The lowest BCUT2D eigenvalue weighted by Crippen LogP contribution is -2.39. The Labute approximate surface area is 104 Å². The summed E-state index contributed by atoms with van der Waals surface area (Å²) in [5.41, 5.74) is 1.74. The molecule has 0 bridgehead atoms. The summed E-state index contributed by atoms with van der Waals surface area (Å²) < 4.78 is 10.5. The van der Waals surface area contributed by atoms with Crippen LogP contribution in [0.15, 0.2) is 17.1 Å². The molecule has 18 heavy (non-hydrogen) atoms. The van der Waals surface area contributed by atoms with Gasteiger partial charge in [0.05, 0.1) is 20.6 Å². The van der Waals surface area contributed by atoms with Crippen molar-refractivity contribution in [3.63, 3.8) is 0 Å². The van der Waals surface area contributed by atoms with E-state index in [0.717, 1.165) is 11.3 Å². The second kappa shape index (κ2) is 3.90. The normalized spacial score (nSPS) is 23.8. The Hall–Kier alpha value is -2.24. The van der Waals surface area contributed by atoms with Crippen molar-refractivity contribution in [1.82, 2.24) is 5.32 Å². The smallest absolute Gasteiger partial charge is 0.236 e. The maximum absolute atomic E-state index is 11.9. The molecule has 2 atom stereocenters. The molecule has 0 aliphatic carbocycles. The molecule has 6 heteroatoms. The summed E-state index contributed by atoms with van der Waals surface area (Å²) in [6.07, 6.45) is 1.18. The fraction of sp³-hybridized carbons (Fsp3) is 0.333. The Balaban J connectivity index is 2.11. The lowest BCUT2D eigenvalue weighted by Gasteiger charge is -2.19. The minimum absolute atomic E-state index is 0.0616. The summed E-state index contributed by atoms with van der Waals surface area (Å²) in [6, 6.07) is 3.65. The van der Waals surface area contributed by atoms with Gasteiger partial charge in [0.25, 0.3) is 0 Å². The second-order valence-corrected chi connectivity index (χ2v) is 4.15. The van der Waals surface area contributed by atoms with Crippen LogP contribution < -0.4 is 20.1 Å². The molecule has 1 aromatic rings. The highest BCUT2D eigenvalue weighted by Gasteiger charge is 2.39. The van der Waals surface area contributed by atoms with Crippen molar-refractivity contribution in [1.29, 1.82) is 0 Å². The van der Waals surface area contributed by atoms with Crippen LogP contribution >= 0.6 is 0 Å². The number of carbonyl (C=O) groups is 1. The SMILES string of the molecule is COc1cc2c(cc1OC)C1C(=O)NC=NC1N2. The first kappa shape index (κ1) is 10.9. The summed E-state index contributed by atoms with van der Waals surface area (Å²) >= 11 is 0. The maximum atomic E-state index is 11.9. The van der Waals surface area contributed by atoms with Crippen LogP contribution in [0.1, 0.15) is 11.5 Å². The van der Waals surface area contributed by atoms with Crippen LogP contribution in [-0.2, 0) is 4.79 Å². The molecule has 3 rings (SSSR count). The van der Waals surface area contributed by atoms with Gasteiger partial charge in [0.15, 0.2) is 11.5 Å². The molecular weight excluding hydrogens is 234 g/mol. The highest BCUT2D eigenvalue weighted by atomic mass is 16.5. The fourth-order valence-electron chi connectivity index (χ4n) is 2.37. The molecule has 0 saturated carbocycles. The van der Waals surface area contributed by atoms with Crippen molar-refractivity contribution in [2.45, 2.75) is 12.1 Å². The van der Waals surface area contributed by atoms with Crippen LogP contribution in [0.25, 0.3) is 0 Å². The third-order valence-electron chi connectivity index (χ3n) is 3.23. The van der Waals surface area contributed by atoms with Crippen molar-refractivity contribution in [3.05, 3.63) is 17.7 Å². The molecule has 0 radical (unpaired) electrons. The summed E-state index contributed by atoms with van der Waals surface area (Å²) in [6.45, 7) is 0. The van der Waals surface area contributed by atoms with Gasteiger partial charge < -0.3 is 20.1 Å². The Kier molecular flexibility index (Phi) is 2.36. The molecule has 2 heterocycles. The van der Waals surface area contributed by atoms with Crippen molar-refractivity contribution in [3.8, 4) is 11.5 Å². The number of hydrogen-bond acceptors (Lipinski definition) is 5. The van der Waals surface area contributed by atoms with E-state index >= 15 is 0 Å². The van der Waals surface area contributed by atoms with E-state index in [4.69, 9.17) is 9.47 Å². The molecule has 0 fully saturated rings. The van der Waals surface area contributed by atoms with Crippen LogP contribution in [0.3, 0.4) is 0 Å². The largest absolute Gasteiger partial charge is 0.493 e. The monoisotopic (exact) mass is 247 g/mol. The molecule has 2 unspecified atom stereocenters. The number of ether oxygens (including phenoxy) is 2. The lowest BCUT2D eigenvalue weighted by molar-refractivity contribution is -0.121. The van der Waals surface area contributed by atoms with E-state index < -0.39 is 0 Å². The molecule has 0 saturated heterocycles. The Morgan fingerprint density at radius 3 is 2.67 bits per heavy atom. The fourth-order valence-corrected chi connectivity index (χ4v) is 2.37. The van der Waals surface area contributed by atoms with Crippen molar-refractivity contribution in [2.75, 3.05) is 19.5 Å². The molecule has 0 spiro atoms. The predicted octanol–water partition coefficient (Wildman–Crippen LogP) is 0.697. The number of aliphatic imine (C=N–C) groups is 1. The van der Waals surface area contributed by atoms with E-state index in [9.17, 15) is 4.79 Å². The predicted molar refractivity (Wildman–Crippen MR) is 66.3 cm³/mol. The number of benzene rings is 1. The second-order valence-electron chi connectivity index (χ2n) is 4.15. The molecule has 1 aromatic carbocycles. The van der Waals surface area contributed by atoms with Gasteiger partial charge in [0.2, 0.25) is 5.91 Å². The lowest BCUT2D eigenvalue weighted by atomic mass is 9.97. The highest BCUT2D eigenvalue weighted by molar-refractivity contribution is 5.98. The first-order chi connectivity index (χ1) is 8.74. The maximum Gasteiger partial charge on any atom is 0.236 e. The zero-order valence-corrected chi connectivity index (χ0v) is 10.1. The van der Waals surface area contributed by atoms with Gasteiger partial charge in [-0.15, -0.1) is 0 Å². The van der Waals surface area contributed by atoms with Crippen molar-refractivity contribution in [2.24, 2.45) is 4.99 Å². The summed E-state index contributed by atoms with van der Waals surface area (Å²) in [7, 11) is 3.15. The van der Waals surface area contributed by atoms with E-state index in [1.807, 2.05) is 12.1 Å². The zero-order chi connectivity index (χ0) is 12.7. The van der Waals surface area contributed by atoms with E-state index in [1.54, 1.807) is 14.2 Å². The van der Waals surface area contributed by atoms with E-state index in [-0.39, 0.29) is 18.0 Å². The molecule has 2 aliphatic heterocycles. The number of fused-ring (bicyclic) bond motifs is 3. The third kappa shape index (κ3) is 1.42. The first-order valence-electron chi connectivity index (χ1n) is 5.59. The molecular formula is C12H13N3O3. The van der Waals surface area contributed by atoms with E-state index in [1.165, 1.54) is 6.34 Å². The number of methoxy groups -OCH3 is 2. The van der Waals surface area contributed by atoms with Gasteiger partial charge in [-0.3, -0.25) is 4.79 Å². The number of amides is 1.